The third-order valence-electron chi connectivity index (χ3n) is 6.76. The molecular weight excluding hydrogens is 454 g/mol. The van der Waals surface area contributed by atoms with Gasteiger partial charge >= 0.3 is 0 Å². The number of fused-ring (bicyclic) bond motifs is 1. The van der Waals surface area contributed by atoms with E-state index in [9.17, 15) is 14.7 Å². The summed E-state index contributed by atoms with van der Waals surface area (Å²) < 4.78 is 3.68. The second kappa shape index (κ2) is 9.45. The highest BCUT2D eigenvalue weighted by atomic mass is 16.3. The lowest BCUT2D eigenvalue weighted by Gasteiger charge is -2.25. The van der Waals surface area contributed by atoms with E-state index in [-0.39, 0.29) is 11.3 Å². The van der Waals surface area contributed by atoms with E-state index in [0.29, 0.717) is 42.5 Å². The van der Waals surface area contributed by atoms with Gasteiger partial charge in [-0.05, 0) is 42.5 Å². The molecule has 1 amide bonds. The lowest BCUT2D eigenvalue weighted by atomic mass is 9.93. The molecule has 3 aromatic heterocycles. The second-order valence-corrected chi connectivity index (χ2v) is 9.44. The highest BCUT2D eigenvalue weighted by Gasteiger charge is 2.46. The molecule has 1 saturated heterocycles. The van der Waals surface area contributed by atoms with E-state index in [0.717, 1.165) is 11.1 Å². The van der Waals surface area contributed by atoms with Crippen molar-refractivity contribution in [3.8, 4) is 0 Å². The predicted molar refractivity (Wildman–Crippen MR) is 136 cm³/mol. The summed E-state index contributed by atoms with van der Waals surface area (Å²) in [5.74, 6) is -1.15. The Morgan fingerprint density at radius 1 is 1.06 bits per heavy atom. The number of aryl methyl sites for hydroxylation is 2. The van der Waals surface area contributed by atoms with E-state index in [4.69, 9.17) is 0 Å². The van der Waals surface area contributed by atoms with Gasteiger partial charge in [-0.2, -0.15) is 0 Å². The normalized spacial score (nSPS) is 17.6. The Bertz CT molecular complexity index is 1450. The van der Waals surface area contributed by atoms with Gasteiger partial charge in [0.2, 0.25) is 0 Å². The van der Waals surface area contributed by atoms with E-state index in [1.165, 1.54) is 0 Å². The molecule has 0 saturated carbocycles. The monoisotopic (exact) mass is 483 g/mol. The molecule has 8 nitrogen and oxygen atoms in total. The summed E-state index contributed by atoms with van der Waals surface area (Å²) in [6, 6.07) is 12.8. The van der Waals surface area contributed by atoms with Crippen LogP contribution in [-0.2, 0) is 16.1 Å². The number of hydrogen-bond donors (Lipinski definition) is 1. The second-order valence-electron chi connectivity index (χ2n) is 9.44. The Balaban J connectivity index is 1.60. The van der Waals surface area contributed by atoms with Crippen LogP contribution < -0.4 is 0 Å². The average molecular weight is 484 g/mol. The molecule has 1 unspecified atom stereocenters. The number of likely N-dealkylation sites (tertiary alicyclic amines) is 1. The number of aliphatic hydroxyl groups excluding tert-OH is 1. The molecule has 8 heteroatoms. The number of nitrogens with zero attached hydrogens (tertiary/aromatic N) is 5. The van der Waals surface area contributed by atoms with Gasteiger partial charge in [0.05, 0.1) is 23.6 Å². The minimum absolute atomic E-state index is 0.0914. The molecule has 1 fully saturated rings. The lowest BCUT2D eigenvalue weighted by molar-refractivity contribution is -0.139. The van der Waals surface area contributed by atoms with Crippen molar-refractivity contribution in [2.24, 2.45) is 0 Å². The van der Waals surface area contributed by atoms with E-state index < -0.39 is 17.7 Å². The third kappa shape index (κ3) is 4.08. The minimum atomic E-state index is -0.692. The fourth-order valence-electron chi connectivity index (χ4n) is 4.89. The number of hydrogen-bond acceptors (Lipinski definition) is 5. The molecule has 0 aliphatic carbocycles. The summed E-state index contributed by atoms with van der Waals surface area (Å²) in [6.45, 7) is 7.04. The Hall–Kier alpha value is -4.20. The van der Waals surface area contributed by atoms with Crippen LogP contribution in [0.4, 0.5) is 0 Å². The van der Waals surface area contributed by atoms with Crippen LogP contribution in [0.15, 0.2) is 73.0 Å². The largest absolute Gasteiger partial charge is 0.505 e. The molecule has 1 aliphatic rings. The van der Waals surface area contributed by atoms with Crippen molar-refractivity contribution in [2.45, 2.75) is 45.7 Å². The molecule has 1 N–H and O–H groups in total. The number of carbonyl (C=O) groups is 2. The van der Waals surface area contributed by atoms with Crippen LogP contribution in [0.25, 0.3) is 11.4 Å². The zero-order valence-electron chi connectivity index (χ0n) is 20.6. The van der Waals surface area contributed by atoms with Crippen LogP contribution in [0.3, 0.4) is 0 Å². The van der Waals surface area contributed by atoms with Gasteiger partial charge in [0, 0.05) is 31.7 Å². The first-order valence-electron chi connectivity index (χ1n) is 12.1. The number of aliphatic hydroxyl groups is 1. The highest BCUT2D eigenvalue weighted by molar-refractivity contribution is 6.46. The number of imidazole rings is 2. The summed E-state index contributed by atoms with van der Waals surface area (Å²) in [5.41, 5.74) is 3.70. The third-order valence-corrected chi connectivity index (χ3v) is 6.76. The Morgan fingerprint density at radius 3 is 2.53 bits per heavy atom. The number of Topliss-reactive ketones (excluding diaryl/α,β-unsaturated/α-hetero) is 1. The van der Waals surface area contributed by atoms with E-state index >= 15 is 0 Å². The van der Waals surface area contributed by atoms with Crippen LogP contribution in [0.5, 0.6) is 0 Å². The maximum atomic E-state index is 13.4. The van der Waals surface area contributed by atoms with Crippen molar-refractivity contribution in [2.75, 3.05) is 6.54 Å². The molecule has 184 valence electrons. The summed E-state index contributed by atoms with van der Waals surface area (Å²) in [5, 5.41) is 11.6. The molecule has 4 heterocycles. The summed E-state index contributed by atoms with van der Waals surface area (Å²) in [4.78, 5) is 36.8. The molecule has 1 aliphatic heterocycles. The number of amides is 1. The fourth-order valence-corrected chi connectivity index (χ4v) is 4.89. The van der Waals surface area contributed by atoms with E-state index in [1.807, 2.05) is 53.2 Å². The van der Waals surface area contributed by atoms with Crippen LogP contribution in [0, 0.1) is 6.92 Å². The molecule has 4 aromatic rings. The van der Waals surface area contributed by atoms with Crippen LogP contribution in [0.1, 0.15) is 54.7 Å². The Kier molecular flexibility index (Phi) is 6.18. The van der Waals surface area contributed by atoms with Gasteiger partial charge in [-0.25, -0.2) is 9.97 Å². The first kappa shape index (κ1) is 23.5. The van der Waals surface area contributed by atoms with Gasteiger partial charge in [0.15, 0.2) is 5.76 Å². The fraction of sp³-hybridized carbons (Fsp3) is 0.286. The van der Waals surface area contributed by atoms with Gasteiger partial charge in [-0.15, -0.1) is 0 Å². The zero-order valence-corrected chi connectivity index (χ0v) is 20.6. The maximum Gasteiger partial charge on any atom is 0.295 e. The SMILES string of the molecule is Cc1nc2ccccn2c1C(O)=C1C(=O)C(=O)N(CCCn2ccnc2)C1c1ccc(C(C)C)cc1. The molecular formula is C28H29N5O3. The summed E-state index contributed by atoms with van der Waals surface area (Å²) >= 11 is 0. The molecule has 5 rings (SSSR count). The van der Waals surface area contributed by atoms with E-state index in [2.05, 4.69) is 23.8 Å². The zero-order chi connectivity index (χ0) is 25.4. The smallest absolute Gasteiger partial charge is 0.295 e. The summed E-state index contributed by atoms with van der Waals surface area (Å²) in [7, 11) is 0. The van der Waals surface area contributed by atoms with Crippen molar-refractivity contribution in [1.29, 1.82) is 0 Å². The Morgan fingerprint density at radius 2 is 1.83 bits per heavy atom. The van der Waals surface area contributed by atoms with Crippen LogP contribution in [-0.4, -0.2) is 47.2 Å². The van der Waals surface area contributed by atoms with Crippen LogP contribution in [0.2, 0.25) is 0 Å². The highest BCUT2D eigenvalue weighted by Crippen LogP contribution is 2.40. The van der Waals surface area contributed by atoms with Gasteiger partial charge in [0.1, 0.15) is 11.3 Å². The number of benzene rings is 1. The average Bonchev–Trinajstić information content (AvgIpc) is 3.56. The number of carbonyl (C=O) groups excluding carboxylic acids is 2. The van der Waals surface area contributed by atoms with Crippen molar-refractivity contribution in [3.63, 3.8) is 0 Å². The topological polar surface area (TPSA) is 92.7 Å². The minimum Gasteiger partial charge on any atom is -0.505 e. The molecule has 36 heavy (non-hydrogen) atoms. The predicted octanol–water partition coefficient (Wildman–Crippen LogP) is 4.47. The molecule has 1 aromatic carbocycles. The van der Waals surface area contributed by atoms with Gasteiger partial charge < -0.3 is 14.6 Å². The first-order valence-corrected chi connectivity index (χ1v) is 12.1. The summed E-state index contributed by atoms with van der Waals surface area (Å²) in [6.07, 6.45) is 7.73. The van der Waals surface area contributed by atoms with Crippen molar-refractivity contribution < 1.29 is 14.7 Å². The quantitative estimate of drug-likeness (QED) is 0.238. The van der Waals surface area contributed by atoms with E-state index in [1.54, 1.807) is 34.9 Å². The van der Waals surface area contributed by atoms with Crippen molar-refractivity contribution in [1.82, 2.24) is 23.8 Å². The van der Waals surface area contributed by atoms with Gasteiger partial charge in [-0.1, -0.05) is 44.2 Å². The number of ketones is 1. The number of aromatic nitrogens is 4. The number of rotatable bonds is 7. The van der Waals surface area contributed by atoms with Gasteiger partial charge in [0.25, 0.3) is 11.7 Å². The van der Waals surface area contributed by atoms with Gasteiger partial charge in [-0.3, -0.25) is 14.0 Å². The Labute approximate surface area is 209 Å². The molecule has 1 atom stereocenters. The molecule has 0 radical (unpaired) electrons. The lowest BCUT2D eigenvalue weighted by Crippen LogP contribution is -2.31. The first-order chi connectivity index (χ1) is 17.4. The molecule has 0 bridgehead atoms. The van der Waals surface area contributed by atoms with Crippen LogP contribution >= 0.6 is 0 Å². The number of pyridine rings is 1. The molecule has 0 spiro atoms. The van der Waals surface area contributed by atoms with Crippen molar-refractivity contribution >= 4 is 23.1 Å². The maximum absolute atomic E-state index is 13.4. The van der Waals surface area contributed by atoms with Crippen molar-refractivity contribution in [3.05, 3.63) is 95.5 Å². The standard InChI is InChI=1S/C28H29N5O3/c1-18(2)20-8-10-21(11-9-20)25-23(26(34)24-19(3)30-22-7-4-5-14-32(22)24)27(35)28(36)33(25)15-6-13-31-16-12-29-17-31/h4-5,7-12,14,16-18,25,34H,6,13,15H2,1-3H3.